The van der Waals surface area contributed by atoms with E-state index in [9.17, 15) is 29.2 Å². The van der Waals surface area contributed by atoms with E-state index in [2.05, 4.69) is 0 Å². The molecule has 8 heteroatoms. The fraction of sp³-hybridized carbons (Fsp3) is 0.0833. The number of carbonyl (C=O) groups is 2. The third-order valence-electron chi connectivity index (χ3n) is 5.29. The molecule has 1 amide bonds. The van der Waals surface area contributed by atoms with Crippen molar-refractivity contribution < 1.29 is 24.0 Å². The molecule has 0 unspecified atom stereocenters. The fourth-order valence-electron chi connectivity index (χ4n) is 3.66. The summed E-state index contributed by atoms with van der Waals surface area (Å²) in [6.07, 6.45) is 0. The van der Waals surface area contributed by atoms with Crippen LogP contribution in [0.15, 0.2) is 78.4 Å². The zero-order valence-corrected chi connectivity index (χ0v) is 16.9. The molecule has 0 spiro atoms. The van der Waals surface area contributed by atoms with E-state index >= 15 is 0 Å². The van der Waals surface area contributed by atoms with E-state index in [1.54, 1.807) is 24.3 Å². The van der Waals surface area contributed by atoms with E-state index in [-0.39, 0.29) is 16.8 Å². The van der Waals surface area contributed by atoms with E-state index < -0.39 is 34.2 Å². The van der Waals surface area contributed by atoms with E-state index in [0.717, 1.165) is 5.56 Å². The van der Waals surface area contributed by atoms with Crippen molar-refractivity contribution in [3.05, 3.63) is 111 Å². The summed E-state index contributed by atoms with van der Waals surface area (Å²) in [5, 5.41) is 21.9. The van der Waals surface area contributed by atoms with Crippen LogP contribution < -0.4 is 4.90 Å². The van der Waals surface area contributed by atoms with Crippen molar-refractivity contribution in [1.82, 2.24) is 0 Å². The highest BCUT2D eigenvalue weighted by Gasteiger charge is 2.46. The first-order chi connectivity index (χ1) is 15.3. The van der Waals surface area contributed by atoms with Crippen LogP contribution in [-0.4, -0.2) is 21.7 Å². The van der Waals surface area contributed by atoms with Gasteiger partial charge < -0.3 is 5.11 Å². The minimum absolute atomic E-state index is 0.143. The second-order valence-electron chi connectivity index (χ2n) is 7.36. The summed E-state index contributed by atoms with van der Waals surface area (Å²) in [5.74, 6) is -2.71. The van der Waals surface area contributed by atoms with Crippen LogP contribution in [0.2, 0.25) is 0 Å². The van der Waals surface area contributed by atoms with Gasteiger partial charge >= 0.3 is 0 Å². The Morgan fingerprint density at radius 3 is 2.12 bits per heavy atom. The number of non-ortho nitro benzene ring substituents is 1. The maximum atomic E-state index is 13.6. The molecule has 0 radical (unpaired) electrons. The average molecular weight is 432 g/mol. The second-order valence-corrected chi connectivity index (χ2v) is 7.36. The average Bonchev–Trinajstić information content (AvgIpc) is 3.05. The monoisotopic (exact) mass is 432 g/mol. The van der Waals surface area contributed by atoms with Crippen molar-refractivity contribution in [3.8, 4) is 0 Å². The molecule has 32 heavy (non-hydrogen) atoms. The summed E-state index contributed by atoms with van der Waals surface area (Å²) in [7, 11) is 0. The van der Waals surface area contributed by atoms with Crippen LogP contribution in [0.5, 0.6) is 0 Å². The Morgan fingerprint density at radius 1 is 0.969 bits per heavy atom. The van der Waals surface area contributed by atoms with Crippen LogP contribution in [-0.2, 0) is 9.59 Å². The summed E-state index contributed by atoms with van der Waals surface area (Å²) in [6, 6.07) is 16.2. The van der Waals surface area contributed by atoms with Crippen molar-refractivity contribution in [2.45, 2.75) is 13.0 Å². The topological polar surface area (TPSA) is 101 Å². The lowest BCUT2D eigenvalue weighted by molar-refractivity contribution is -0.384. The second kappa shape index (κ2) is 8.07. The summed E-state index contributed by atoms with van der Waals surface area (Å²) in [6.45, 7) is 1.88. The third kappa shape index (κ3) is 3.62. The number of aliphatic hydroxyl groups is 1. The molecule has 3 aromatic carbocycles. The number of halogens is 1. The number of aliphatic hydroxyl groups excluding tert-OH is 1. The summed E-state index contributed by atoms with van der Waals surface area (Å²) in [4.78, 5) is 37.6. The zero-order chi connectivity index (χ0) is 23.0. The van der Waals surface area contributed by atoms with Crippen LogP contribution in [0.4, 0.5) is 15.8 Å². The number of nitro benzene ring substituents is 1. The molecule has 1 fully saturated rings. The summed E-state index contributed by atoms with van der Waals surface area (Å²) in [5.41, 5.74) is 1.59. The molecule has 0 aromatic heterocycles. The highest BCUT2D eigenvalue weighted by atomic mass is 19.1. The van der Waals surface area contributed by atoms with E-state index in [4.69, 9.17) is 0 Å². The van der Waals surface area contributed by atoms with E-state index in [1.807, 2.05) is 6.92 Å². The van der Waals surface area contributed by atoms with Crippen molar-refractivity contribution in [3.63, 3.8) is 0 Å². The highest BCUT2D eigenvalue weighted by molar-refractivity contribution is 6.51. The standard InChI is InChI=1S/C24H17FN2O5/c1-14-2-10-18(11-3-14)26-21(15-4-8-17(25)9-5-15)20(23(29)24(26)30)22(28)16-6-12-19(13-7-16)27(31)32/h2-13,21,28H,1H3/b22-20+/t21-/m0/s1. The van der Waals surface area contributed by atoms with Crippen molar-refractivity contribution >= 4 is 28.8 Å². The number of nitro groups is 1. The van der Waals surface area contributed by atoms with Crippen LogP contribution in [0.25, 0.3) is 5.76 Å². The minimum atomic E-state index is -1.01. The predicted molar refractivity (Wildman–Crippen MR) is 115 cm³/mol. The molecule has 1 atom stereocenters. The molecule has 0 aliphatic carbocycles. The van der Waals surface area contributed by atoms with Crippen LogP contribution in [0.1, 0.15) is 22.7 Å². The lowest BCUT2D eigenvalue weighted by Gasteiger charge is -2.25. The SMILES string of the molecule is Cc1ccc(N2C(=O)C(=O)/C(=C(/O)c3ccc([N+](=O)[O-])cc3)[C@@H]2c2ccc(F)cc2)cc1. The molecule has 1 heterocycles. The third-order valence-corrected chi connectivity index (χ3v) is 5.29. The molecule has 1 saturated heterocycles. The van der Waals surface area contributed by atoms with Gasteiger partial charge in [-0.05, 0) is 48.9 Å². The Bertz CT molecular complexity index is 1250. The van der Waals surface area contributed by atoms with Gasteiger partial charge in [0.15, 0.2) is 0 Å². The Morgan fingerprint density at radius 2 is 1.56 bits per heavy atom. The summed E-state index contributed by atoms with van der Waals surface area (Å²) < 4.78 is 13.6. The van der Waals surface area contributed by atoms with Gasteiger partial charge in [-0.25, -0.2) is 4.39 Å². The highest BCUT2D eigenvalue weighted by Crippen LogP contribution is 2.42. The number of rotatable bonds is 4. The van der Waals surface area contributed by atoms with Crippen LogP contribution in [0.3, 0.4) is 0 Å². The number of benzene rings is 3. The van der Waals surface area contributed by atoms with Crippen molar-refractivity contribution in [2.75, 3.05) is 4.90 Å². The van der Waals surface area contributed by atoms with Gasteiger partial charge in [-0.1, -0.05) is 29.8 Å². The van der Waals surface area contributed by atoms with Crippen LogP contribution >= 0.6 is 0 Å². The largest absolute Gasteiger partial charge is 0.507 e. The normalized spacial score (nSPS) is 17.6. The quantitative estimate of drug-likeness (QED) is 0.212. The van der Waals surface area contributed by atoms with E-state index in [0.29, 0.717) is 11.3 Å². The molecule has 160 valence electrons. The number of aryl methyl sites for hydroxylation is 1. The lowest BCUT2D eigenvalue weighted by Crippen LogP contribution is -2.29. The first-order valence-corrected chi connectivity index (χ1v) is 9.66. The molecule has 0 saturated carbocycles. The molecular weight excluding hydrogens is 415 g/mol. The molecule has 1 aliphatic heterocycles. The molecule has 7 nitrogen and oxygen atoms in total. The van der Waals surface area contributed by atoms with Gasteiger partial charge in [0.05, 0.1) is 16.5 Å². The van der Waals surface area contributed by atoms with Crippen LogP contribution in [0, 0.1) is 22.9 Å². The van der Waals surface area contributed by atoms with Gasteiger partial charge in [0.25, 0.3) is 17.4 Å². The predicted octanol–water partition coefficient (Wildman–Crippen LogP) is 4.67. The Labute approximate surface area is 182 Å². The number of carbonyl (C=O) groups excluding carboxylic acids is 2. The molecule has 0 bridgehead atoms. The van der Waals surface area contributed by atoms with Gasteiger partial charge in [-0.3, -0.25) is 24.6 Å². The number of anilines is 1. The van der Waals surface area contributed by atoms with Gasteiger partial charge in [0.1, 0.15) is 11.6 Å². The molecule has 4 rings (SSSR count). The number of Topliss-reactive ketones (excluding diaryl/α,β-unsaturated/α-hetero) is 1. The lowest BCUT2D eigenvalue weighted by atomic mass is 9.95. The number of hydrogen-bond acceptors (Lipinski definition) is 5. The fourth-order valence-corrected chi connectivity index (χ4v) is 3.66. The van der Waals surface area contributed by atoms with Crippen molar-refractivity contribution in [1.29, 1.82) is 0 Å². The van der Waals surface area contributed by atoms with E-state index in [1.165, 1.54) is 53.4 Å². The first-order valence-electron chi connectivity index (χ1n) is 9.66. The Balaban J connectivity index is 1.90. The number of hydrogen-bond donors (Lipinski definition) is 1. The Kier molecular flexibility index (Phi) is 5.28. The maximum absolute atomic E-state index is 13.6. The Hall–Kier alpha value is -4.33. The van der Waals surface area contributed by atoms with Gasteiger partial charge in [-0.15, -0.1) is 0 Å². The van der Waals surface area contributed by atoms with Gasteiger partial charge in [-0.2, -0.15) is 0 Å². The molecule has 1 aliphatic rings. The maximum Gasteiger partial charge on any atom is 0.300 e. The molecule has 3 aromatic rings. The first kappa shape index (κ1) is 20.9. The number of nitrogens with zero attached hydrogens (tertiary/aromatic N) is 2. The zero-order valence-electron chi connectivity index (χ0n) is 16.9. The number of ketones is 1. The summed E-state index contributed by atoms with van der Waals surface area (Å²) >= 11 is 0. The molecular formula is C24H17FN2O5. The smallest absolute Gasteiger partial charge is 0.300 e. The molecule has 1 N–H and O–H groups in total. The van der Waals surface area contributed by atoms with Gasteiger partial charge in [0, 0.05) is 23.4 Å². The van der Waals surface area contributed by atoms with Crippen molar-refractivity contribution in [2.24, 2.45) is 0 Å². The van der Waals surface area contributed by atoms with Gasteiger partial charge in [0.2, 0.25) is 0 Å². The number of amides is 1. The minimum Gasteiger partial charge on any atom is -0.507 e.